The Morgan fingerprint density at radius 1 is 0.714 bits per heavy atom. The van der Waals surface area contributed by atoms with Crippen molar-refractivity contribution in [1.29, 1.82) is 0 Å². The van der Waals surface area contributed by atoms with Gasteiger partial charge in [-0.25, -0.2) is 4.98 Å². The largest absolute Gasteiger partial charge is 0.299 e. The molecule has 7 rings (SSSR count). The minimum absolute atomic E-state index is 0.158. The molecule has 0 N–H and O–H groups in total. The van der Waals surface area contributed by atoms with E-state index in [-0.39, 0.29) is 5.41 Å². The van der Waals surface area contributed by atoms with Gasteiger partial charge in [0.2, 0.25) is 0 Å². The smallest absolute Gasteiger partial charge is 0.144 e. The summed E-state index contributed by atoms with van der Waals surface area (Å²) in [5.41, 5.74) is 17.0. The quantitative estimate of drug-likeness (QED) is 0.153. The van der Waals surface area contributed by atoms with E-state index in [1.807, 2.05) is 6.20 Å². The highest BCUT2D eigenvalue weighted by Crippen LogP contribution is 2.58. The van der Waals surface area contributed by atoms with Crippen molar-refractivity contribution >= 4 is 0 Å². The molecule has 248 valence electrons. The molecule has 0 bridgehead atoms. The van der Waals surface area contributed by atoms with Crippen LogP contribution in [0.2, 0.25) is 0 Å². The number of hydrogen-bond donors (Lipinski definition) is 0. The van der Waals surface area contributed by atoms with E-state index in [1.165, 1.54) is 85.3 Å². The minimum atomic E-state index is 0.158. The van der Waals surface area contributed by atoms with Crippen LogP contribution in [0.15, 0.2) is 116 Å². The first-order chi connectivity index (χ1) is 23.6. The fourth-order valence-corrected chi connectivity index (χ4v) is 8.17. The summed E-state index contributed by atoms with van der Waals surface area (Å²) in [6, 6.07) is 38.5. The van der Waals surface area contributed by atoms with E-state index in [0.29, 0.717) is 17.8 Å². The van der Waals surface area contributed by atoms with Crippen LogP contribution < -0.4 is 0 Å². The van der Waals surface area contributed by atoms with Crippen molar-refractivity contribution in [3.05, 3.63) is 143 Å². The second-order valence-electron chi connectivity index (χ2n) is 15.1. The maximum absolute atomic E-state index is 5.20. The number of benzene rings is 5. The van der Waals surface area contributed by atoms with Crippen molar-refractivity contribution in [1.82, 2.24) is 9.55 Å². The summed E-state index contributed by atoms with van der Waals surface area (Å²) in [5, 5.41) is 0. The summed E-state index contributed by atoms with van der Waals surface area (Å²) in [6.07, 6.45) is 6.63. The highest BCUT2D eigenvalue weighted by molar-refractivity contribution is 5.80. The number of hydrogen-bond acceptors (Lipinski definition) is 1. The third-order valence-corrected chi connectivity index (χ3v) is 11.1. The van der Waals surface area contributed by atoms with Crippen LogP contribution in [0, 0.1) is 19.8 Å². The van der Waals surface area contributed by atoms with Crippen molar-refractivity contribution in [2.24, 2.45) is 5.92 Å². The zero-order valence-electron chi connectivity index (χ0n) is 30.5. The van der Waals surface area contributed by atoms with Crippen LogP contribution in [0.5, 0.6) is 0 Å². The summed E-state index contributed by atoms with van der Waals surface area (Å²) in [4.78, 5) is 5.20. The first-order valence-electron chi connectivity index (χ1n) is 18.2. The van der Waals surface area contributed by atoms with E-state index in [1.54, 1.807) is 0 Å². The van der Waals surface area contributed by atoms with Crippen LogP contribution in [-0.2, 0) is 5.41 Å². The van der Waals surface area contributed by atoms with Crippen molar-refractivity contribution < 1.29 is 0 Å². The monoisotopic (exact) mass is 642 g/mol. The Labute approximate surface area is 293 Å². The molecule has 1 saturated carbocycles. The first-order valence-corrected chi connectivity index (χ1v) is 18.2. The number of aromatic nitrogens is 2. The molecule has 1 aliphatic carbocycles. The average Bonchev–Trinajstić information content (AvgIpc) is 3.55. The molecule has 1 heterocycles. The van der Waals surface area contributed by atoms with Crippen LogP contribution in [0.25, 0.3) is 50.5 Å². The summed E-state index contributed by atoms with van der Waals surface area (Å²) >= 11 is 0. The Morgan fingerprint density at radius 2 is 1.41 bits per heavy atom. The lowest BCUT2D eigenvalue weighted by Crippen LogP contribution is -2.12. The Hall–Kier alpha value is -4.69. The van der Waals surface area contributed by atoms with Gasteiger partial charge in [0.15, 0.2) is 0 Å². The molecule has 0 saturated heterocycles. The molecule has 1 aromatic heterocycles. The Balaban J connectivity index is 1.44. The Kier molecular flexibility index (Phi) is 8.69. The van der Waals surface area contributed by atoms with Crippen LogP contribution in [0.3, 0.4) is 0 Å². The van der Waals surface area contributed by atoms with Gasteiger partial charge in [-0.1, -0.05) is 151 Å². The number of rotatable bonds is 9. The molecule has 1 aliphatic rings. The molecular weight excluding hydrogens is 593 g/mol. The lowest BCUT2D eigenvalue weighted by molar-refractivity contribution is 0.643. The van der Waals surface area contributed by atoms with Gasteiger partial charge < -0.3 is 0 Å². The summed E-state index contributed by atoms with van der Waals surface area (Å²) in [6.45, 7) is 18.5. The van der Waals surface area contributed by atoms with E-state index in [9.17, 15) is 0 Å². The summed E-state index contributed by atoms with van der Waals surface area (Å²) < 4.78 is 2.42. The topological polar surface area (TPSA) is 17.8 Å². The highest BCUT2D eigenvalue weighted by Gasteiger charge is 2.51. The fraction of sp³-hybridized carbons (Fsp3) is 0.298. The van der Waals surface area contributed by atoms with E-state index < -0.39 is 0 Å². The Bertz CT molecular complexity index is 2110. The van der Waals surface area contributed by atoms with Crippen LogP contribution in [0.1, 0.15) is 94.0 Å². The maximum atomic E-state index is 5.20. The third kappa shape index (κ3) is 5.97. The van der Waals surface area contributed by atoms with E-state index in [2.05, 4.69) is 169 Å². The van der Waals surface area contributed by atoms with Gasteiger partial charge in [-0.15, -0.1) is 0 Å². The van der Waals surface area contributed by atoms with E-state index in [0.717, 1.165) is 5.82 Å². The second-order valence-corrected chi connectivity index (χ2v) is 15.1. The van der Waals surface area contributed by atoms with Gasteiger partial charge in [-0.2, -0.15) is 0 Å². The predicted octanol–water partition coefficient (Wildman–Crippen LogP) is 13.1. The van der Waals surface area contributed by atoms with Gasteiger partial charge in [-0.05, 0) is 105 Å². The van der Waals surface area contributed by atoms with Crippen molar-refractivity contribution in [3.8, 4) is 50.5 Å². The van der Waals surface area contributed by atoms with Crippen LogP contribution >= 0.6 is 0 Å². The third-order valence-electron chi connectivity index (χ3n) is 11.1. The molecule has 5 aromatic carbocycles. The standard InChI is InChI=1S/C47H50N2/c1-9-38-29-47(38,8)43-24-21-37(41-27-32(6)15-16-33(41)7)28-42(43)46-48-25-26-49(46)45-39(30(2)3)22-23-40(44(45)31(4)5)36-19-17-35(18-20-36)34-13-11-10-12-14-34/h10-28,30-31,38H,9,29H2,1-8H3/t38-,47?/m0/s1. The zero-order valence-corrected chi connectivity index (χ0v) is 30.5. The molecular formula is C47H50N2. The number of nitrogens with zero attached hydrogens (tertiary/aromatic N) is 2. The van der Waals surface area contributed by atoms with Crippen molar-refractivity contribution in [2.45, 2.75) is 85.5 Å². The van der Waals surface area contributed by atoms with E-state index >= 15 is 0 Å². The lowest BCUT2D eigenvalue weighted by atomic mass is 9.85. The molecule has 2 atom stereocenters. The first kappa shape index (κ1) is 32.8. The molecule has 6 aromatic rings. The minimum Gasteiger partial charge on any atom is -0.299 e. The molecule has 2 heteroatoms. The van der Waals surface area contributed by atoms with Gasteiger partial charge in [0, 0.05) is 18.0 Å². The van der Waals surface area contributed by atoms with Crippen LogP contribution in [0.4, 0.5) is 0 Å². The van der Waals surface area contributed by atoms with Crippen LogP contribution in [-0.4, -0.2) is 9.55 Å². The SMILES string of the molecule is CC[C@H]1CC1(C)c1ccc(-c2cc(C)ccc2C)cc1-c1nccn1-c1c(C(C)C)ccc(-c2ccc(-c3ccccc3)cc2)c1C(C)C. The maximum Gasteiger partial charge on any atom is 0.144 e. The molecule has 0 spiro atoms. The zero-order chi connectivity index (χ0) is 34.4. The number of aryl methyl sites for hydroxylation is 2. The van der Waals surface area contributed by atoms with E-state index in [4.69, 9.17) is 4.98 Å². The average molecular weight is 643 g/mol. The normalized spacial score (nSPS) is 17.2. The molecule has 0 radical (unpaired) electrons. The molecule has 1 fully saturated rings. The molecule has 2 nitrogen and oxygen atoms in total. The van der Waals surface area contributed by atoms with Crippen molar-refractivity contribution in [3.63, 3.8) is 0 Å². The second kappa shape index (κ2) is 13.0. The van der Waals surface area contributed by atoms with Gasteiger partial charge in [0.05, 0.1) is 5.69 Å². The van der Waals surface area contributed by atoms with Gasteiger partial charge in [-0.3, -0.25) is 4.57 Å². The number of imidazole rings is 1. The van der Waals surface area contributed by atoms with Crippen molar-refractivity contribution in [2.75, 3.05) is 0 Å². The highest BCUT2D eigenvalue weighted by atomic mass is 15.1. The summed E-state index contributed by atoms with van der Waals surface area (Å²) in [5.74, 6) is 2.38. The van der Waals surface area contributed by atoms with Gasteiger partial charge >= 0.3 is 0 Å². The van der Waals surface area contributed by atoms with Gasteiger partial charge in [0.1, 0.15) is 5.82 Å². The fourth-order valence-electron chi connectivity index (χ4n) is 8.17. The molecule has 1 unspecified atom stereocenters. The molecule has 49 heavy (non-hydrogen) atoms. The Morgan fingerprint density at radius 3 is 2.08 bits per heavy atom. The molecule has 0 aliphatic heterocycles. The lowest BCUT2D eigenvalue weighted by Gasteiger charge is -2.26. The summed E-state index contributed by atoms with van der Waals surface area (Å²) in [7, 11) is 0. The molecule has 0 amide bonds. The predicted molar refractivity (Wildman–Crippen MR) is 209 cm³/mol. The van der Waals surface area contributed by atoms with Gasteiger partial charge in [0.25, 0.3) is 0 Å².